The molecule has 1 saturated heterocycles. The molecule has 2 aromatic rings. The van der Waals surface area contributed by atoms with Gasteiger partial charge in [0.15, 0.2) is 10.3 Å². The lowest BCUT2D eigenvalue weighted by molar-refractivity contribution is 0.0836. The Labute approximate surface area is 131 Å². The highest BCUT2D eigenvalue weighted by Gasteiger charge is 2.31. The summed E-state index contributed by atoms with van der Waals surface area (Å²) in [6.45, 7) is 5.78. The number of halogens is 1. The number of ether oxygens (including phenoxy) is 1. The molecule has 3 heterocycles. The summed E-state index contributed by atoms with van der Waals surface area (Å²) in [6.07, 6.45) is 2.59. The first-order valence-electron chi connectivity index (χ1n) is 6.99. The van der Waals surface area contributed by atoms with Crippen molar-refractivity contribution in [2.45, 2.75) is 39.5 Å². The third-order valence-corrected chi connectivity index (χ3v) is 4.84. The van der Waals surface area contributed by atoms with Gasteiger partial charge in [0.05, 0.1) is 6.54 Å². The van der Waals surface area contributed by atoms with Crippen molar-refractivity contribution < 1.29 is 4.74 Å². The minimum Gasteiger partial charge on any atom is -0.370 e. The van der Waals surface area contributed by atoms with Crippen molar-refractivity contribution in [2.24, 2.45) is 5.92 Å². The molecule has 114 valence electrons. The summed E-state index contributed by atoms with van der Waals surface area (Å²) in [7, 11) is 0. The van der Waals surface area contributed by atoms with Crippen LogP contribution in [0.5, 0.6) is 0 Å². The van der Waals surface area contributed by atoms with E-state index in [0.717, 1.165) is 23.7 Å². The third-order valence-electron chi connectivity index (χ3n) is 3.74. The van der Waals surface area contributed by atoms with Gasteiger partial charge in [-0.3, -0.25) is 4.57 Å². The first kappa shape index (κ1) is 14.7. The maximum absolute atomic E-state index is 12.5. The van der Waals surface area contributed by atoms with E-state index in [2.05, 4.69) is 17.0 Å². The zero-order valence-corrected chi connectivity index (χ0v) is 13.5. The lowest BCUT2D eigenvalue weighted by Crippen LogP contribution is -2.25. The number of hydrogen-bond acceptors (Lipinski definition) is 5. The Kier molecular flexibility index (Phi) is 4.14. The molecule has 1 fully saturated rings. The standard InChI is InChI=1S/C13H17ClN4O2S/c1-3-17-11(10-8(2)4-5-20-10)16-18(13(17)19)7-9-6-15-12(14)21-9/h6,8,10H,3-5,7H2,1-2H3/t8-,10+/m1/s1. The van der Waals surface area contributed by atoms with E-state index in [4.69, 9.17) is 16.3 Å². The summed E-state index contributed by atoms with van der Waals surface area (Å²) >= 11 is 7.19. The molecule has 3 rings (SSSR count). The van der Waals surface area contributed by atoms with E-state index < -0.39 is 0 Å². The highest BCUT2D eigenvalue weighted by Crippen LogP contribution is 2.32. The number of thiazole rings is 1. The molecular weight excluding hydrogens is 312 g/mol. The number of aromatic nitrogens is 4. The number of nitrogens with zero attached hydrogens (tertiary/aromatic N) is 4. The van der Waals surface area contributed by atoms with Crippen LogP contribution in [0.3, 0.4) is 0 Å². The first-order valence-corrected chi connectivity index (χ1v) is 8.19. The molecule has 0 spiro atoms. The fraction of sp³-hybridized carbons (Fsp3) is 0.615. The summed E-state index contributed by atoms with van der Waals surface area (Å²) in [5, 5.41) is 4.50. The molecule has 0 amide bonds. The summed E-state index contributed by atoms with van der Waals surface area (Å²) < 4.78 is 9.38. The van der Waals surface area contributed by atoms with Crippen LogP contribution >= 0.6 is 22.9 Å². The second kappa shape index (κ2) is 5.90. The van der Waals surface area contributed by atoms with Gasteiger partial charge in [0.25, 0.3) is 0 Å². The second-order valence-electron chi connectivity index (χ2n) is 5.18. The summed E-state index contributed by atoms with van der Waals surface area (Å²) in [6, 6.07) is 0. The quantitative estimate of drug-likeness (QED) is 0.864. The number of hydrogen-bond donors (Lipinski definition) is 0. The fourth-order valence-corrected chi connectivity index (χ4v) is 3.56. The van der Waals surface area contributed by atoms with E-state index in [9.17, 15) is 4.79 Å². The first-order chi connectivity index (χ1) is 10.1. The van der Waals surface area contributed by atoms with Crippen LogP contribution in [-0.4, -0.2) is 25.9 Å². The third kappa shape index (κ3) is 2.77. The topological polar surface area (TPSA) is 61.9 Å². The molecule has 21 heavy (non-hydrogen) atoms. The zero-order chi connectivity index (χ0) is 15.0. The molecule has 0 bridgehead atoms. The van der Waals surface area contributed by atoms with E-state index in [0.29, 0.717) is 23.5 Å². The van der Waals surface area contributed by atoms with Crippen LogP contribution in [0.15, 0.2) is 11.0 Å². The average Bonchev–Trinajstić information content (AvgIpc) is 3.12. The predicted molar refractivity (Wildman–Crippen MR) is 80.9 cm³/mol. The molecule has 6 nitrogen and oxygen atoms in total. The molecule has 0 unspecified atom stereocenters. The summed E-state index contributed by atoms with van der Waals surface area (Å²) in [5.41, 5.74) is -0.111. The minimum absolute atomic E-state index is 0.0936. The van der Waals surface area contributed by atoms with E-state index in [1.165, 1.54) is 16.0 Å². The van der Waals surface area contributed by atoms with Crippen LogP contribution < -0.4 is 5.69 Å². The van der Waals surface area contributed by atoms with Crippen LogP contribution in [0.2, 0.25) is 4.47 Å². The van der Waals surface area contributed by atoms with Crippen molar-refractivity contribution >= 4 is 22.9 Å². The Hall–Kier alpha value is -1.18. The van der Waals surface area contributed by atoms with E-state index in [1.807, 2.05) is 6.92 Å². The van der Waals surface area contributed by atoms with Crippen molar-refractivity contribution in [3.05, 3.63) is 31.8 Å². The lowest BCUT2D eigenvalue weighted by Gasteiger charge is -2.13. The molecule has 1 aliphatic heterocycles. The van der Waals surface area contributed by atoms with Crippen molar-refractivity contribution in [1.82, 2.24) is 19.3 Å². The Morgan fingerprint density at radius 2 is 2.38 bits per heavy atom. The van der Waals surface area contributed by atoms with Gasteiger partial charge in [-0.1, -0.05) is 18.5 Å². The normalized spacial score (nSPS) is 22.0. The monoisotopic (exact) mass is 328 g/mol. The molecule has 2 aromatic heterocycles. The van der Waals surface area contributed by atoms with Gasteiger partial charge in [0.1, 0.15) is 6.10 Å². The van der Waals surface area contributed by atoms with Crippen molar-refractivity contribution in [3.8, 4) is 0 Å². The fourth-order valence-electron chi connectivity index (χ4n) is 2.60. The summed E-state index contributed by atoms with van der Waals surface area (Å²) in [5.74, 6) is 1.10. The van der Waals surface area contributed by atoms with Gasteiger partial charge in [-0.05, 0) is 19.3 Å². The maximum Gasteiger partial charge on any atom is 0.346 e. The highest BCUT2D eigenvalue weighted by molar-refractivity contribution is 7.15. The molecule has 1 aliphatic rings. The molecule has 0 aliphatic carbocycles. The number of rotatable bonds is 4. The maximum atomic E-state index is 12.5. The van der Waals surface area contributed by atoms with Crippen LogP contribution in [0.4, 0.5) is 0 Å². The van der Waals surface area contributed by atoms with Crippen molar-refractivity contribution in [1.29, 1.82) is 0 Å². The second-order valence-corrected chi connectivity index (χ2v) is 6.88. The molecule has 0 radical (unpaired) electrons. The molecule has 0 N–H and O–H groups in total. The van der Waals surface area contributed by atoms with Crippen LogP contribution in [-0.2, 0) is 17.8 Å². The van der Waals surface area contributed by atoms with Gasteiger partial charge in [0.2, 0.25) is 0 Å². The highest BCUT2D eigenvalue weighted by atomic mass is 35.5. The predicted octanol–water partition coefficient (Wildman–Crippen LogP) is 2.32. The van der Waals surface area contributed by atoms with Crippen molar-refractivity contribution in [3.63, 3.8) is 0 Å². The minimum atomic E-state index is -0.111. The molecule has 2 atom stereocenters. The van der Waals surface area contributed by atoms with Gasteiger partial charge >= 0.3 is 5.69 Å². The Morgan fingerprint density at radius 1 is 1.57 bits per heavy atom. The SMILES string of the molecule is CCn1c([C@H]2OCC[C@H]2C)nn(Cc2cnc(Cl)s2)c1=O. The van der Waals surface area contributed by atoms with E-state index in [1.54, 1.807) is 10.8 Å². The lowest BCUT2D eigenvalue weighted by atomic mass is 10.0. The Morgan fingerprint density at radius 3 is 2.95 bits per heavy atom. The van der Waals surface area contributed by atoms with Gasteiger partial charge < -0.3 is 4.74 Å². The van der Waals surface area contributed by atoms with Gasteiger partial charge in [-0.2, -0.15) is 5.10 Å². The van der Waals surface area contributed by atoms with Crippen LogP contribution in [0.25, 0.3) is 0 Å². The Balaban J connectivity index is 1.95. The van der Waals surface area contributed by atoms with Crippen LogP contribution in [0, 0.1) is 5.92 Å². The van der Waals surface area contributed by atoms with Gasteiger partial charge in [-0.25, -0.2) is 14.5 Å². The molecule has 0 aromatic carbocycles. The van der Waals surface area contributed by atoms with E-state index >= 15 is 0 Å². The molecule has 8 heteroatoms. The largest absolute Gasteiger partial charge is 0.370 e. The van der Waals surface area contributed by atoms with Gasteiger partial charge in [0, 0.05) is 24.2 Å². The van der Waals surface area contributed by atoms with Crippen LogP contribution in [0.1, 0.15) is 37.1 Å². The summed E-state index contributed by atoms with van der Waals surface area (Å²) in [4.78, 5) is 17.4. The average molecular weight is 329 g/mol. The molecular formula is C13H17ClN4O2S. The smallest absolute Gasteiger partial charge is 0.346 e. The van der Waals surface area contributed by atoms with Gasteiger partial charge in [-0.15, -0.1) is 11.3 Å². The van der Waals surface area contributed by atoms with Crippen molar-refractivity contribution in [2.75, 3.05) is 6.61 Å². The Bertz CT molecular complexity index is 693. The zero-order valence-electron chi connectivity index (χ0n) is 12.0. The van der Waals surface area contributed by atoms with E-state index in [-0.39, 0.29) is 11.8 Å². The molecule has 0 saturated carbocycles.